The lowest BCUT2D eigenvalue weighted by atomic mass is 9.88. The smallest absolute Gasteiger partial charge is 0.344 e. The number of ether oxygens (including phenoxy) is 3. The van der Waals surface area contributed by atoms with E-state index in [9.17, 15) is 9.59 Å². The third kappa shape index (κ3) is 5.63. The van der Waals surface area contributed by atoms with Crippen LogP contribution in [-0.2, 0) is 27.2 Å². The summed E-state index contributed by atoms with van der Waals surface area (Å²) in [6.07, 6.45) is 5.42. The van der Waals surface area contributed by atoms with Crippen LogP contribution in [0, 0.1) is 0 Å². The second kappa shape index (κ2) is 10.5. The van der Waals surface area contributed by atoms with Crippen molar-refractivity contribution in [2.24, 2.45) is 0 Å². The maximum absolute atomic E-state index is 12.2. The second-order valence-corrected chi connectivity index (χ2v) is 7.14. The van der Waals surface area contributed by atoms with Crippen molar-refractivity contribution in [3.63, 3.8) is 0 Å². The van der Waals surface area contributed by atoms with E-state index in [1.54, 1.807) is 12.1 Å². The number of rotatable bonds is 9. The van der Waals surface area contributed by atoms with E-state index in [1.165, 1.54) is 12.7 Å². The fraction of sp³-hybridized carbons (Fsp3) is 0.333. The molecule has 6 nitrogen and oxygen atoms in total. The van der Waals surface area contributed by atoms with Crippen LogP contribution in [0.5, 0.6) is 11.5 Å². The molecule has 2 aromatic rings. The summed E-state index contributed by atoms with van der Waals surface area (Å²) in [6.45, 7) is 3.06. The Morgan fingerprint density at radius 1 is 1.17 bits per heavy atom. The molecule has 1 atom stereocenters. The van der Waals surface area contributed by atoms with Gasteiger partial charge in [0.2, 0.25) is 0 Å². The van der Waals surface area contributed by atoms with E-state index in [0.29, 0.717) is 17.9 Å². The first-order chi connectivity index (χ1) is 14.6. The fourth-order valence-corrected chi connectivity index (χ4v) is 3.59. The summed E-state index contributed by atoms with van der Waals surface area (Å²) in [6, 6.07) is 13.5. The zero-order chi connectivity index (χ0) is 21.3. The first kappa shape index (κ1) is 21.4. The number of hydrogen-bond donors (Lipinski definition) is 1. The summed E-state index contributed by atoms with van der Waals surface area (Å²) in [5.41, 5.74) is 3.42. The Morgan fingerprint density at radius 2 is 2.00 bits per heavy atom. The number of esters is 1. The summed E-state index contributed by atoms with van der Waals surface area (Å²) in [7, 11) is 1.53. The highest BCUT2D eigenvalue weighted by atomic mass is 16.6. The summed E-state index contributed by atoms with van der Waals surface area (Å²) in [5, 5.41) is 2.96. The van der Waals surface area contributed by atoms with Crippen LogP contribution < -0.4 is 14.8 Å². The number of fused-ring (bicyclic) bond motifs is 1. The number of allylic oxidation sites excluding steroid dienone is 1. The first-order valence-corrected chi connectivity index (χ1v) is 10.0. The van der Waals surface area contributed by atoms with Gasteiger partial charge in [0.15, 0.2) is 24.7 Å². The molecule has 0 radical (unpaired) electrons. The fourth-order valence-electron chi connectivity index (χ4n) is 3.59. The largest absolute Gasteiger partial charge is 0.493 e. The lowest BCUT2D eigenvalue weighted by molar-refractivity contribution is -0.150. The Balaban J connectivity index is 1.46. The molecule has 1 amide bonds. The summed E-state index contributed by atoms with van der Waals surface area (Å²) < 4.78 is 15.9. The Kier molecular flexibility index (Phi) is 7.49. The molecule has 158 valence electrons. The van der Waals surface area contributed by atoms with Crippen LogP contribution in [0.25, 0.3) is 0 Å². The minimum Gasteiger partial charge on any atom is -0.493 e. The third-order valence-electron chi connectivity index (χ3n) is 5.02. The summed E-state index contributed by atoms with van der Waals surface area (Å²) >= 11 is 0. The van der Waals surface area contributed by atoms with Gasteiger partial charge >= 0.3 is 5.97 Å². The molecule has 1 aliphatic rings. The normalized spacial score (nSPS) is 14.9. The Labute approximate surface area is 176 Å². The summed E-state index contributed by atoms with van der Waals surface area (Å²) in [5.74, 6) is 0.0178. The molecule has 0 spiro atoms. The van der Waals surface area contributed by atoms with Crippen LogP contribution in [-0.4, -0.2) is 32.2 Å². The highest BCUT2D eigenvalue weighted by Crippen LogP contribution is 2.29. The van der Waals surface area contributed by atoms with Crippen molar-refractivity contribution in [1.29, 1.82) is 0 Å². The number of amides is 1. The molecule has 0 saturated heterocycles. The average Bonchev–Trinajstić information content (AvgIpc) is 2.77. The van der Waals surface area contributed by atoms with E-state index in [2.05, 4.69) is 18.0 Å². The van der Waals surface area contributed by atoms with Crippen LogP contribution in [0.4, 0.5) is 0 Å². The molecule has 1 aliphatic carbocycles. The standard InChI is InChI=1S/C24H27NO5/c1-3-7-17-12-13-21(22(14-17)28-2)29-16-24(27)30-15-23(26)25-20-11-6-9-18-8-4-5-10-19(18)20/h3-5,8,10,12-14,20H,1,6-7,9,11,15-16H2,2H3,(H,25,26)/t20-/m0/s1. The Hall–Kier alpha value is -3.28. The minimum atomic E-state index is -0.619. The van der Waals surface area contributed by atoms with Gasteiger partial charge < -0.3 is 19.5 Å². The second-order valence-electron chi connectivity index (χ2n) is 7.14. The van der Waals surface area contributed by atoms with Crippen molar-refractivity contribution in [3.8, 4) is 11.5 Å². The van der Waals surface area contributed by atoms with Crippen molar-refractivity contribution in [1.82, 2.24) is 5.32 Å². The Bertz CT molecular complexity index is 908. The molecule has 0 aromatic heterocycles. The van der Waals surface area contributed by atoms with Crippen LogP contribution in [0.1, 0.15) is 35.6 Å². The predicted octanol–water partition coefficient (Wildman–Crippen LogP) is 3.54. The van der Waals surface area contributed by atoms with Gasteiger partial charge in [0.25, 0.3) is 5.91 Å². The number of carbonyl (C=O) groups is 2. The lowest BCUT2D eigenvalue weighted by Crippen LogP contribution is -2.34. The van der Waals surface area contributed by atoms with Crippen LogP contribution in [0.3, 0.4) is 0 Å². The van der Waals surface area contributed by atoms with Gasteiger partial charge in [-0.05, 0) is 54.5 Å². The molecule has 3 rings (SSSR count). The molecule has 30 heavy (non-hydrogen) atoms. The van der Waals surface area contributed by atoms with Crippen molar-refractivity contribution in [3.05, 3.63) is 71.8 Å². The Morgan fingerprint density at radius 3 is 2.80 bits per heavy atom. The molecule has 0 aliphatic heterocycles. The molecule has 2 aromatic carbocycles. The SMILES string of the molecule is C=CCc1ccc(OCC(=O)OCC(=O)N[C@H]2CCCc3ccccc32)c(OC)c1. The predicted molar refractivity (Wildman–Crippen MR) is 114 cm³/mol. The average molecular weight is 409 g/mol. The zero-order valence-electron chi connectivity index (χ0n) is 17.2. The van der Waals surface area contributed by atoms with Crippen LogP contribution in [0.15, 0.2) is 55.1 Å². The van der Waals surface area contributed by atoms with E-state index >= 15 is 0 Å². The van der Waals surface area contributed by atoms with E-state index in [1.807, 2.05) is 30.3 Å². The van der Waals surface area contributed by atoms with Gasteiger partial charge in [-0.25, -0.2) is 4.79 Å². The van der Waals surface area contributed by atoms with Gasteiger partial charge in [-0.1, -0.05) is 36.4 Å². The monoisotopic (exact) mass is 409 g/mol. The molecule has 0 unspecified atom stereocenters. The topological polar surface area (TPSA) is 73.9 Å². The minimum absolute atomic E-state index is 0.0456. The number of aryl methyl sites for hydroxylation is 1. The van der Waals surface area contributed by atoms with Gasteiger partial charge in [0, 0.05) is 0 Å². The molecule has 1 N–H and O–H groups in total. The molecule has 0 fully saturated rings. The molecule has 0 heterocycles. The number of methoxy groups -OCH3 is 1. The van der Waals surface area contributed by atoms with Crippen molar-refractivity contribution in [2.45, 2.75) is 31.7 Å². The number of carbonyl (C=O) groups excluding carboxylic acids is 2. The maximum atomic E-state index is 12.2. The van der Waals surface area contributed by atoms with Crippen molar-refractivity contribution >= 4 is 11.9 Å². The zero-order valence-corrected chi connectivity index (χ0v) is 17.2. The number of benzene rings is 2. The van der Waals surface area contributed by atoms with Crippen LogP contribution in [0.2, 0.25) is 0 Å². The first-order valence-electron chi connectivity index (χ1n) is 10.0. The number of nitrogens with one attached hydrogen (secondary N) is 1. The van der Waals surface area contributed by atoms with Gasteiger partial charge in [0.05, 0.1) is 13.2 Å². The molecule has 0 bridgehead atoms. The highest BCUT2D eigenvalue weighted by molar-refractivity contribution is 5.81. The van der Waals surface area contributed by atoms with E-state index in [0.717, 1.165) is 30.4 Å². The summed E-state index contributed by atoms with van der Waals surface area (Å²) in [4.78, 5) is 24.2. The van der Waals surface area contributed by atoms with Gasteiger partial charge in [-0.15, -0.1) is 6.58 Å². The van der Waals surface area contributed by atoms with Gasteiger partial charge in [-0.2, -0.15) is 0 Å². The number of hydrogen-bond acceptors (Lipinski definition) is 5. The quantitative estimate of drug-likeness (QED) is 0.507. The molecular weight excluding hydrogens is 382 g/mol. The lowest BCUT2D eigenvalue weighted by Gasteiger charge is -2.26. The van der Waals surface area contributed by atoms with E-state index < -0.39 is 5.97 Å². The van der Waals surface area contributed by atoms with Gasteiger partial charge in [-0.3, -0.25) is 4.79 Å². The molecule has 6 heteroatoms. The van der Waals surface area contributed by atoms with Gasteiger partial charge in [0.1, 0.15) is 0 Å². The van der Waals surface area contributed by atoms with E-state index in [4.69, 9.17) is 14.2 Å². The van der Waals surface area contributed by atoms with Crippen molar-refractivity contribution in [2.75, 3.05) is 20.3 Å². The molecule has 0 saturated carbocycles. The molecular formula is C24H27NO5. The maximum Gasteiger partial charge on any atom is 0.344 e. The van der Waals surface area contributed by atoms with Crippen molar-refractivity contribution < 1.29 is 23.8 Å². The van der Waals surface area contributed by atoms with Crippen LogP contribution >= 0.6 is 0 Å². The highest BCUT2D eigenvalue weighted by Gasteiger charge is 2.21. The van der Waals surface area contributed by atoms with E-state index in [-0.39, 0.29) is 25.2 Å². The third-order valence-corrected chi connectivity index (χ3v) is 5.02.